The fourth-order valence-corrected chi connectivity index (χ4v) is 3.90. The Labute approximate surface area is 141 Å². The largest absolute Gasteiger partial charge is 0.467 e. The quantitative estimate of drug-likeness (QED) is 0.831. The molecule has 0 amide bonds. The second-order valence-corrected chi connectivity index (χ2v) is 7.03. The van der Waals surface area contributed by atoms with E-state index in [2.05, 4.69) is 19.8 Å². The Kier molecular flexibility index (Phi) is 4.97. The van der Waals surface area contributed by atoms with Gasteiger partial charge in [0.25, 0.3) is 10.0 Å². The van der Waals surface area contributed by atoms with Crippen molar-refractivity contribution in [1.82, 2.24) is 19.7 Å². The van der Waals surface area contributed by atoms with E-state index in [1.54, 1.807) is 37.5 Å². The van der Waals surface area contributed by atoms with Crippen LogP contribution >= 0.6 is 0 Å². The molecule has 9 nitrogen and oxygen atoms in total. The zero-order valence-electron chi connectivity index (χ0n) is 14.7. The molecule has 0 aliphatic heterocycles. The minimum absolute atomic E-state index is 0.160. The van der Waals surface area contributed by atoms with Crippen molar-refractivity contribution in [2.75, 3.05) is 30.8 Å². The summed E-state index contributed by atoms with van der Waals surface area (Å²) in [5, 5.41) is 4.26. The average Bonchev–Trinajstić information content (AvgIpc) is 2.81. The molecular formula is C14H22N6O3S. The topological polar surface area (TPSA) is 102 Å². The lowest BCUT2D eigenvalue weighted by Crippen LogP contribution is -2.20. The molecule has 2 aromatic rings. The van der Waals surface area contributed by atoms with Crippen molar-refractivity contribution in [2.45, 2.75) is 32.2 Å². The van der Waals surface area contributed by atoms with Gasteiger partial charge in [0, 0.05) is 20.6 Å². The molecule has 0 bridgehead atoms. The van der Waals surface area contributed by atoms with E-state index in [0.717, 1.165) is 0 Å². The van der Waals surface area contributed by atoms with E-state index in [9.17, 15) is 8.42 Å². The van der Waals surface area contributed by atoms with Gasteiger partial charge in [0.1, 0.15) is 10.6 Å². The SMILES string of the molecule is CCn1nc(C)c(S(=O)(=O)Nc2cnc(OC)nc2N(C)C)c1C. The highest BCUT2D eigenvalue weighted by molar-refractivity contribution is 7.92. The summed E-state index contributed by atoms with van der Waals surface area (Å²) in [4.78, 5) is 10.0. The fourth-order valence-electron chi connectivity index (χ4n) is 2.44. The van der Waals surface area contributed by atoms with Gasteiger partial charge in [-0.2, -0.15) is 10.1 Å². The number of aryl methyl sites for hydroxylation is 2. The molecule has 0 fully saturated rings. The summed E-state index contributed by atoms with van der Waals surface area (Å²) in [7, 11) is 1.14. The van der Waals surface area contributed by atoms with E-state index in [-0.39, 0.29) is 16.6 Å². The van der Waals surface area contributed by atoms with E-state index in [0.29, 0.717) is 23.8 Å². The van der Waals surface area contributed by atoms with Gasteiger partial charge in [-0.15, -0.1) is 0 Å². The maximum Gasteiger partial charge on any atom is 0.318 e. The summed E-state index contributed by atoms with van der Waals surface area (Å²) >= 11 is 0. The maximum atomic E-state index is 12.8. The van der Waals surface area contributed by atoms with Crippen molar-refractivity contribution in [3.8, 4) is 6.01 Å². The van der Waals surface area contributed by atoms with Gasteiger partial charge in [0.15, 0.2) is 5.82 Å². The number of nitrogens with one attached hydrogen (secondary N) is 1. The first-order valence-electron chi connectivity index (χ1n) is 7.36. The van der Waals surface area contributed by atoms with Gasteiger partial charge in [-0.05, 0) is 20.8 Å². The lowest BCUT2D eigenvalue weighted by atomic mass is 10.4. The first kappa shape index (κ1) is 18.0. The molecule has 0 spiro atoms. The lowest BCUT2D eigenvalue weighted by Gasteiger charge is -2.17. The van der Waals surface area contributed by atoms with Crippen LogP contribution in [0.2, 0.25) is 0 Å². The van der Waals surface area contributed by atoms with Crippen LogP contribution in [-0.4, -0.2) is 49.4 Å². The van der Waals surface area contributed by atoms with E-state index in [4.69, 9.17) is 4.74 Å². The predicted octanol–water partition coefficient (Wildman–Crippen LogP) is 1.19. The second kappa shape index (κ2) is 6.63. The van der Waals surface area contributed by atoms with E-state index in [1.807, 2.05) is 6.92 Å². The number of anilines is 2. The summed E-state index contributed by atoms with van der Waals surface area (Å²) in [5.74, 6) is 0.406. The summed E-state index contributed by atoms with van der Waals surface area (Å²) in [6.45, 7) is 5.90. The molecule has 0 atom stereocenters. The minimum atomic E-state index is -3.82. The van der Waals surface area contributed by atoms with Crippen molar-refractivity contribution in [3.63, 3.8) is 0 Å². The average molecular weight is 354 g/mol. The van der Waals surface area contributed by atoms with Crippen LogP contribution in [0.15, 0.2) is 11.1 Å². The molecule has 10 heteroatoms. The highest BCUT2D eigenvalue weighted by atomic mass is 32.2. The van der Waals surface area contributed by atoms with Crippen LogP contribution in [0.4, 0.5) is 11.5 Å². The maximum absolute atomic E-state index is 12.8. The van der Waals surface area contributed by atoms with Gasteiger partial charge < -0.3 is 9.64 Å². The third-order valence-corrected chi connectivity index (χ3v) is 5.10. The molecule has 2 heterocycles. The predicted molar refractivity (Wildman–Crippen MR) is 91.1 cm³/mol. The Morgan fingerprint density at radius 3 is 2.50 bits per heavy atom. The minimum Gasteiger partial charge on any atom is -0.467 e. The molecular weight excluding hydrogens is 332 g/mol. The number of sulfonamides is 1. The molecule has 1 N–H and O–H groups in total. The first-order chi connectivity index (χ1) is 11.2. The van der Waals surface area contributed by atoms with Crippen LogP contribution < -0.4 is 14.4 Å². The number of aromatic nitrogens is 4. The van der Waals surface area contributed by atoms with Crippen LogP contribution in [0.25, 0.3) is 0 Å². The molecule has 0 aliphatic rings. The van der Waals surface area contributed by atoms with Gasteiger partial charge in [-0.25, -0.2) is 13.4 Å². The van der Waals surface area contributed by atoms with Crippen molar-refractivity contribution in [2.24, 2.45) is 0 Å². The number of rotatable bonds is 6. The van der Waals surface area contributed by atoms with Crippen LogP contribution in [0.3, 0.4) is 0 Å². The summed E-state index contributed by atoms with van der Waals surface area (Å²) in [6.07, 6.45) is 1.38. The zero-order valence-corrected chi connectivity index (χ0v) is 15.5. The molecule has 0 aliphatic carbocycles. The smallest absolute Gasteiger partial charge is 0.318 e. The van der Waals surface area contributed by atoms with Crippen LogP contribution in [0.1, 0.15) is 18.3 Å². The molecule has 0 saturated heterocycles. The van der Waals surface area contributed by atoms with Gasteiger partial charge in [-0.3, -0.25) is 9.40 Å². The number of hydrogen-bond acceptors (Lipinski definition) is 7. The molecule has 24 heavy (non-hydrogen) atoms. The Bertz CT molecular complexity index is 844. The van der Waals surface area contributed by atoms with Crippen molar-refractivity contribution < 1.29 is 13.2 Å². The lowest BCUT2D eigenvalue weighted by molar-refractivity contribution is 0.380. The second-order valence-electron chi connectivity index (χ2n) is 5.41. The third kappa shape index (κ3) is 3.28. The summed E-state index contributed by atoms with van der Waals surface area (Å²) in [5.41, 5.74) is 1.30. The van der Waals surface area contributed by atoms with Gasteiger partial charge in [-0.1, -0.05) is 0 Å². The van der Waals surface area contributed by atoms with Crippen molar-refractivity contribution >= 4 is 21.5 Å². The van der Waals surface area contributed by atoms with Gasteiger partial charge in [0.2, 0.25) is 0 Å². The highest BCUT2D eigenvalue weighted by Gasteiger charge is 2.26. The van der Waals surface area contributed by atoms with Gasteiger partial charge >= 0.3 is 6.01 Å². The summed E-state index contributed by atoms with van der Waals surface area (Å²) in [6, 6.07) is 0.160. The molecule has 0 radical (unpaired) electrons. The van der Waals surface area contributed by atoms with Crippen molar-refractivity contribution in [3.05, 3.63) is 17.6 Å². The number of nitrogens with zero attached hydrogens (tertiary/aromatic N) is 5. The highest BCUT2D eigenvalue weighted by Crippen LogP contribution is 2.28. The third-order valence-electron chi connectivity index (χ3n) is 3.48. The number of hydrogen-bond donors (Lipinski definition) is 1. The van der Waals surface area contributed by atoms with Gasteiger partial charge in [0.05, 0.1) is 24.7 Å². The Morgan fingerprint density at radius 2 is 2.00 bits per heavy atom. The zero-order chi connectivity index (χ0) is 18.1. The van der Waals surface area contributed by atoms with Crippen LogP contribution in [-0.2, 0) is 16.6 Å². The monoisotopic (exact) mass is 354 g/mol. The number of methoxy groups -OCH3 is 1. The Hall–Kier alpha value is -2.36. The van der Waals surface area contributed by atoms with E-state index in [1.165, 1.54) is 13.3 Å². The molecule has 2 aromatic heterocycles. The Balaban J connectivity index is 2.49. The molecule has 0 aromatic carbocycles. The fraction of sp³-hybridized carbons (Fsp3) is 0.500. The Morgan fingerprint density at radius 1 is 1.33 bits per heavy atom. The van der Waals surface area contributed by atoms with E-state index >= 15 is 0 Å². The van der Waals surface area contributed by atoms with E-state index < -0.39 is 10.0 Å². The number of ether oxygens (including phenoxy) is 1. The molecule has 2 rings (SSSR count). The molecule has 132 valence electrons. The molecule has 0 saturated carbocycles. The van der Waals surface area contributed by atoms with Crippen molar-refractivity contribution in [1.29, 1.82) is 0 Å². The standard InChI is InChI=1S/C14H22N6O3S/c1-7-20-10(3)12(9(2)17-20)24(21,22)18-11-8-15-14(23-6)16-13(11)19(4)5/h8,18H,7H2,1-6H3. The normalized spacial score (nSPS) is 11.4. The summed E-state index contributed by atoms with van der Waals surface area (Å²) < 4.78 is 34.9. The molecule has 0 unspecified atom stereocenters. The van der Waals surface area contributed by atoms with Crippen LogP contribution in [0.5, 0.6) is 6.01 Å². The van der Waals surface area contributed by atoms with Crippen LogP contribution in [0, 0.1) is 13.8 Å². The first-order valence-corrected chi connectivity index (χ1v) is 8.84.